The van der Waals surface area contributed by atoms with Crippen molar-refractivity contribution in [3.8, 4) is 0 Å². The van der Waals surface area contributed by atoms with Gasteiger partial charge in [0.05, 0.1) is 17.3 Å². The smallest absolute Gasteiger partial charge is 0.257 e. The third-order valence-electron chi connectivity index (χ3n) is 7.26. The molecule has 2 atom stereocenters. The topological polar surface area (TPSA) is 60.9 Å². The first kappa shape index (κ1) is 19.8. The number of amides is 3. The summed E-state index contributed by atoms with van der Waals surface area (Å²) < 4.78 is 0. The summed E-state index contributed by atoms with van der Waals surface area (Å²) in [7, 11) is 1.86. The van der Waals surface area contributed by atoms with Crippen LogP contribution in [0, 0.1) is 0 Å². The van der Waals surface area contributed by atoms with E-state index in [-0.39, 0.29) is 30.2 Å². The summed E-state index contributed by atoms with van der Waals surface area (Å²) in [6.07, 6.45) is 3.13. The van der Waals surface area contributed by atoms with E-state index in [1.165, 1.54) is 11.1 Å². The molecule has 0 radical (unpaired) electrons. The fourth-order valence-corrected chi connectivity index (χ4v) is 5.54. The first-order chi connectivity index (χ1) is 14.9. The van der Waals surface area contributed by atoms with E-state index in [1.807, 2.05) is 49.2 Å². The molecule has 2 aromatic rings. The molecule has 2 heterocycles. The molecule has 6 heteroatoms. The van der Waals surface area contributed by atoms with Crippen LogP contribution in [0.5, 0.6) is 0 Å². The van der Waals surface area contributed by atoms with E-state index in [4.69, 9.17) is 0 Å². The molecule has 6 nitrogen and oxygen atoms in total. The van der Waals surface area contributed by atoms with Gasteiger partial charge in [0, 0.05) is 26.4 Å². The molecule has 1 fully saturated rings. The Kier molecular flexibility index (Phi) is 4.61. The number of hydrogen-bond acceptors (Lipinski definition) is 3. The summed E-state index contributed by atoms with van der Waals surface area (Å²) in [6.45, 7) is 2.23. The highest BCUT2D eigenvalue weighted by Gasteiger charge is 2.52. The second-order valence-corrected chi connectivity index (χ2v) is 8.93. The van der Waals surface area contributed by atoms with Crippen LogP contribution < -0.4 is 4.90 Å². The number of benzene rings is 2. The zero-order valence-corrected chi connectivity index (χ0v) is 18.0. The second kappa shape index (κ2) is 7.22. The number of aryl methyl sites for hydroxylation is 1. The van der Waals surface area contributed by atoms with Gasteiger partial charge in [-0.05, 0) is 49.4 Å². The van der Waals surface area contributed by atoms with E-state index in [1.54, 1.807) is 15.9 Å². The maximum absolute atomic E-state index is 13.3. The maximum Gasteiger partial charge on any atom is 0.257 e. The SMILES string of the molecule is CN(C(=O)CCN1C(=O)c2ccccc2N2C(=O)CC[C@]12C)[C@@H]1CCc2ccccc21. The van der Waals surface area contributed by atoms with Gasteiger partial charge in [0.2, 0.25) is 11.8 Å². The van der Waals surface area contributed by atoms with E-state index in [9.17, 15) is 14.4 Å². The lowest BCUT2D eigenvalue weighted by Gasteiger charge is -2.48. The van der Waals surface area contributed by atoms with Gasteiger partial charge in [-0.15, -0.1) is 0 Å². The Morgan fingerprint density at radius 1 is 1.10 bits per heavy atom. The number of carbonyl (C=O) groups excluding carboxylic acids is 3. The molecule has 2 aromatic carbocycles. The minimum atomic E-state index is -0.721. The fourth-order valence-electron chi connectivity index (χ4n) is 5.54. The first-order valence-corrected chi connectivity index (χ1v) is 11.0. The van der Waals surface area contributed by atoms with Crippen LogP contribution in [0.1, 0.15) is 60.1 Å². The highest BCUT2D eigenvalue weighted by molar-refractivity contribution is 6.10. The predicted molar refractivity (Wildman–Crippen MR) is 117 cm³/mol. The summed E-state index contributed by atoms with van der Waals surface area (Å²) >= 11 is 0. The molecule has 3 aliphatic rings. The zero-order valence-electron chi connectivity index (χ0n) is 18.0. The molecule has 0 saturated carbocycles. The number of para-hydroxylation sites is 1. The molecule has 1 saturated heterocycles. The van der Waals surface area contributed by atoms with Crippen molar-refractivity contribution < 1.29 is 14.4 Å². The molecule has 1 aliphatic carbocycles. The Hall–Kier alpha value is -3.15. The quantitative estimate of drug-likeness (QED) is 0.765. The van der Waals surface area contributed by atoms with Crippen LogP contribution >= 0.6 is 0 Å². The van der Waals surface area contributed by atoms with E-state index in [0.717, 1.165) is 12.8 Å². The van der Waals surface area contributed by atoms with Gasteiger partial charge in [-0.1, -0.05) is 36.4 Å². The summed E-state index contributed by atoms with van der Waals surface area (Å²) in [5.74, 6) is -0.0583. The molecule has 5 rings (SSSR count). The molecule has 3 amide bonds. The molecule has 160 valence electrons. The lowest BCUT2D eigenvalue weighted by Crippen LogP contribution is -2.62. The van der Waals surface area contributed by atoms with Crippen LogP contribution in [0.25, 0.3) is 0 Å². The maximum atomic E-state index is 13.3. The summed E-state index contributed by atoms with van der Waals surface area (Å²) in [5, 5.41) is 0. The summed E-state index contributed by atoms with van der Waals surface area (Å²) in [4.78, 5) is 44.4. The Morgan fingerprint density at radius 3 is 2.68 bits per heavy atom. The van der Waals surface area contributed by atoms with Crippen molar-refractivity contribution in [1.29, 1.82) is 0 Å². The van der Waals surface area contributed by atoms with Gasteiger partial charge in [-0.2, -0.15) is 0 Å². The van der Waals surface area contributed by atoms with Crippen molar-refractivity contribution >= 4 is 23.4 Å². The minimum Gasteiger partial charge on any atom is -0.339 e. The lowest BCUT2D eigenvalue weighted by molar-refractivity contribution is -0.132. The standard InChI is InChI=1S/C25H27N3O3/c1-25-15-13-23(30)28(25)21-10-6-5-9-19(21)24(31)27(25)16-14-22(29)26(2)20-12-11-17-7-3-4-8-18(17)20/h3-10,20H,11-16H2,1-2H3/t20-,25-/m1/s1. The second-order valence-electron chi connectivity index (χ2n) is 8.93. The largest absolute Gasteiger partial charge is 0.339 e. The normalized spacial score (nSPS) is 24.1. The molecular weight excluding hydrogens is 390 g/mol. The average molecular weight is 418 g/mol. The highest BCUT2D eigenvalue weighted by atomic mass is 16.2. The van der Waals surface area contributed by atoms with E-state index in [2.05, 4.69) is 12.1 Å². The Morgan fingerprint density at radius 2 is 1.84 bits per heavy atom. The number of carbonyl (C=O) groups is 3. The van der Waals surface area contributed by atoms with Crippen molar-refractivity contribution in [2.75, 3.05) is 18.5 Å². The Labute approximate surface area is 182 Å². The number of fused-ring (bicyclic) bond motifs is 4. The van der Waals surface area contributed by atoms with Crippen LogP contribution in [-0.2, 0) is 16.0 Å². The van der Waals surface area contributed by atoms with Crippen molar-refractivity contribution in [1.82, 2.24) is 9.80 Å². The number of nitrogens with zero attached hydrogens (tertiary/aromatic N) is 3. The fraction of sp³-hybridized carbons (Fsp3) is 0.400. The minimum absolute atomic E-state index is 0.0211. The molecule has 0 bridgehead atoms. The lowest BCUT2D eigenvalue weighted by atomic mass is 9.98. The molecular formula is C25H27N3O3. The van der Waals surface area contributed by atoms with Gasteiger partial charge < -0.3 is 9.80 Å². The molecule has 2 aliphatic heterocycles. The number of rotatable bonds is 4. The molecule has 0 spiro atoms. The molecule has 0 aromatic heterocycles. The van der Waals surface area contributed by atoms with Gasteiger partial charge in [0.25, 0.3) is 5.91 Å². The van der Waals surface area contributed by atoms with Crippen molar-refractivity contribution in [3.63, 3.8) is 0 Å². The van der Waals surface area contributed by atoms with Crippen molar-refractivity contribution in [2.24, 2.45) is 0 Å². The zero-order chi connectivity index (χ0) is 21.8. The van der Waals surface area contributed by atoms with Gasteiger partial charge in [0.1, 0.15) is 5.66 Å². The van der Waals surface area contributed by atoms with Crippen molar-refractivity contribution in [2.45, 2.75) is 50.7 Å². The van der Waals surface area contributed by atoms with Crippen molar-refractivity contribution in [3.05, 3.63) is 65.2 Å². The summed E-state index contributed by atoms with van der Waals surface area (Å²) in [6, 6.07) is 15.6. The molecule has 0 unspecified atom stereocenters. The van der Waals surface area contributed by atoms with Gasteiger partial charge >= 0.3 is 0 Å². The Balaban J connectivity index is 1.36. The van der Waals surface area contributed by atoms with E-state index < -0.39 is 5.66 Å². The van der Waals surface area contributed by atoms with Crippen LogP contribution in [-0.4, -0.2) is 46.8 Å². The predicted octanol–water partition coefficient (Wildman–Crippen LogP) is 3.52. The molecule has 31 heavy (non-hydrogen) atoms. The number of anilines is 1. The third kappa shape index (κ3) is 2.96. The van der Waals surface area contributed by atoms with Crippen LogP contribution in [0.2, 0.25) is 0 Å². The van der Waals surface area contributed by atoms with Crippen LogP contribution in [0.15, 0.2) is 48.5 Å². The van der Waals surface area contributed by atoms with Crippen LogP contribution in [0.3, 0.4) is 0 Å². The molecule has 0 N–H and O–H groups in total. The van der Waals surface area contributed by atoms with E-state index in [0.29, 0.717) is 30.6 Å². The first-order valence-electron chi connectivity index (χ1n) is 11.0. The van der Waals surface area contributed by atoms with Gasteiger partial charge in [-0.3, -0.25) is 19.3 Å². The van der Waals surface area contributed by atoms with E-state index >= 15 is 0 Å². The average Bonchev–Trinajstić information content (AvgIpc) is 3.34. The Bertz CT molecular complexity index is 1080. The monoisotopic (exact) mass is 417 g/mol. The number of hydrogen-bond donors (Lipinski definition) is 0. The summed E-state index contributed by atoms with van der Waals surface area (Å²) in [5.41, 5.74) is 3.02. The van der Waals surface area contributed by atoms with Crippen LogP contribution in [0.4, 0.5) is 5.69 Å². The van der Waals surface area contributed by atoms with Gasteiger partial charge in [0.15, 0.2) is 0 Å². The van der Waals surface area contributed by atoms with Gasteiger partial charge in [-0.25, -0.2) is 0 Å². The third-order valence-corrected chi connectivity index (χ3v) is 7.26. The highest BCUT2D eigenvalue weighted by Crippen LogP contribution is 2.44.